The third-order valence-electron chi connectivity index (χ3n) is 6.10. The summed E-state index contributed by atoms with van der Waals surface area (Å²) in [4.78, 5) is 30.6. The minimum absolute atomic E-state index is 0.171. The predicted octanol–water partition coefficient (Wildman–Crippen LogP) is 5.86. The molecule has 0 spiro atoms. The second-order valence-electron chi connectivity index (χ2n) is 8.32. The summed E-state index contributed by atoms with van der Waals surface area (Å²) in [7, 11) is 0. The van der Waals surface area contributed by atoms with E-state index in [1.165, 1.54) is 0 Å². The van der Waals surface area contributed by atoms with Crippen LogP contribution in [0.25, 0.3) is 43.7 Å². The second-order valence-corrected chi connectivity index (χ2v) is 8.32. The highest BCUT2D eigenvalue weighted by Gasteiger charge is 2.19. The van der Waals surface area contributed by atoms with Crippen LogP contribution >= 0.6 is 0 Å². The van der Waals surface area contributed by atoms with Crippen molar-refractivity contribution in [2.75, 3.05) is 5.32 Å². The van der Waals surface area contributed by atoms with Gasteiger partial charge >= 0.3 is 0 Å². The number of aryl methyl sites for hydroxylation is 1. The van der Waals surface area contributed by atoms with E-state index in [-0.39, 0.29) is 10.9 Å². The maximum absolute atomic E-state index is 13.6. The molecule has 0 fully saturated rings. The Morgan fingerprint density at radius 2 is 1.48 bits per heavy atom. The van der Waals surface area contributed by atoms with Crippen molar-refractivity contribution < 1.29 is 4.42 Å². The highest BCUT2D eigenvalue weighted by Crippen LogP contribution is 2.31. The molecule has 1 aromatic heterocycles. The van der Waals surface area contributed by atoms with E-state index in [0.717, 1.165) is 16.6 Å². The van der Waals surface area contributed by atoms with E-state index in [1.807, 2.05) is 61.5 Å². The number of hydrogen-bond acceptors (Lipinski definition) is 4. The number of benzene rings is 5. The average molecular weight is 432 g/mol. The molecule has 0 bridgehead atoms. The SMILES string of the molecule is Cc1ccc2[nH]c3c(cc(NCc4ccccc4)c4c(=O)c5ccccc5c(=O)c43)oc2c1. The van der Waals surface area contributed by atoms with Gasteiger partial charge in [0.15, 0.2) is 22.0 Å². The summed E-state index contributed by atoms with van der Waals surface area (Å²) in [5.41, 5.74) is 4.85. The molecule has 0 radical (unpaired) electrons. The normalized spacial score (nSPS) is 11.5. The first kappa shape index (κ1) is 19.3. The zero-order valence-electron chi connectivity index (χ0n) is 17.9. The topological polar surface area (TPSA) is 75.1 Å². The molecule has 2 N–H and O–H groups in total. The Bertz CT molecular complexity index is 1820. The molecule has 0 aliphatic carbocycles. The van der Waals surface area contributed by atoms with Gasteiger partial charge in [-0.25, -0.2) is 0 Å². The molecular formula is C28H20N2O3. The number of aromatic nitrogens is 1. The number of aromatic amines is 1. The molecule has 5 heteroatoms. The van der Waals surface area contributed by atoms with Gasteiger partial charge in [-0.15, -0.1) is 0 Å². The lowest BCUT2D eigenvalue weighted by Gasteiger charge is -2.13. The number of nitrogens with one attached hydrogen (secondary N) is 2. The minimum Gasteiger partial charge on any atom is -0.453 e. The lowest BCUT2D eigenvalue weighted by molar-refractivity contribution is 0.657. The van der Waals surface area contributed by atoms with E-state index in [4.69, 9.17) is 4.42 Å². The standard InChI is InChI=1S/C28H20N2O3/c1-16-11-12-20-22(13-16)33-23-14-21(29-15-17-7-3-2-4-8-17)24-25(26(23)30-20)28(32)19-10-6-5-9-18(19)27(24)31/h2-14,29-30H,15H2,1H3. The zero-order valence-corrected chi connectivity index (χ0v) is 17.9. The van der Waals surface area contributed by atoms with Gasteiger partial charge in [-0.2, -0.15) is 0 Å². The fourth-order valence-corrected chi connectivity index (χ4v) is 4.48. The summed E-state index contributed by atoms with van der Waals surface area (Å²) in [6, 6.07) is 24.6. The fourth-order valence-electron chi connectivity index (χ4n) is 4.48. The molecule has 0 unspecified atom stereocenters. The third-order valence-corrected chi connectivity index (χ3v) is 6.10. The lowest BCUT2D eigenvalue weighted by atomic mass is 9.99. The Morgan fingerprint density at radius 3 is 2.24 bits per heavy atom. The molecule has 6 rings (SSSR count). The van der Waals surface area contributed by atoms with Crippen molar-refractivity contribution in [3.05, 3.63) is 110 Å². The van der Waals surface area contributed by atoms with Gasteiger partial charge in [0.25, 0.3) is 0 Å². The van der Waals surface area contributed by atoms with Crippen molar-refractivity contribution in [1.82, 2.24) is 4.98 Å². The Balaban J connectivity index is 1.73. The third kappa shape index (κ3) is 3.09. The average Bonchev–Trinajstić information content (AvgIpc) is 2.84. The molecule has 0 saturated heterocycles. The number of rotatable bonds is 3. The maximum Gasteiger partial charge on any atom is 0.196 e. The molecule has 0 saturated carbocycles. The van der Waals surface area contributed by atoms with E-state index in [9.17, 15) is 9.59 Å². The Labute approximate surface area is 188 Å². The fraction of sp³-hybridized carbons (Fsp3) is 0.0714. The Hall–Kier alpha value is -4.38. The summed E-state index contributed by atoms with van der Waals surface area (Å²) >= 11 is 0. The van der Waals surface area contributed by atoms with Crippen molar-refractivity contribution in [3.63, 3.8) is 0 Å². The summed E-state index contributed by atoms with van der Waals surface area (Å²) in [5.74, 6) is 0. The van der Waals surface area contributed by atoms with Gasteiger partial charge in [-0.05, 0) is 30.2 Å². The molecule has 160 valence electrons. The van der Waals surface area contributed by atoms with Gasteiger partial charge in [-0.3, -0.25) is 9.59 Å². The van der Waals surface area contributed by atoms with Gasteiger partial charge < -0.3 is 14.7 Å². The molecule has 1 heterocycles. The van der Waals surface area contributed by atoms with E-state index >= 15 is 0 Å². The van der Waals surface area contributed by atoms with Crippen LogP contribution in [0.15, 0.2) is 92.9 Å². The van der Waals surface area contributed by atoms with Crippen LogP contribution in [0.3, 0.4) is 0 Å². The van der Waals surface area contributed by atoms with Crippen molar-refractivity contribution in [2.24, 2.45) is 0 Å². The first-order valence-electron chi connectivity index (χ1n) is 10.8. The quantitative estimate of drug-likeness (QED) is 0.271. The van der Waals surface area contributed by atoms with Crippen molar-refractivity contribution in [2.45, 2.75) is 13.5 Å². The zero-order chi connectivity index (χ0) is 22.5. The largest absolute Gasteiger partial charge is 0.453 e. The van der Waals surface area contributed by atoms with Crippen LogP contribution in [0.2, 0.25) is 0 Å². The molecule has 0 atom stereocenters. The van der Waals surface area contributed by atoms with E-state index in [1.54, 1.807) is 24.3 Å². The Kier molecular flexibility index (Phi) is 4.30. The lowest BCUT2D eigenvalue weighted by Crippen LogP contribution is -2.16. The van der Waals surface area contributed by atoms with Crippen LogP contribution in [0.4, 0.5) is 5.69 Å². The first-order valence-corrected chi connectivity index (χ1v) is 10.8. The van der Waals surface area contributed by atoms with Crippen LogP contribution in [0, 0.1) is 6.92 Å². The van der Waals surface area contributed by atoms with Crippen LogP contribution < -0.4 is 16.2 Å². The number of anilines is 1. The van der Waals surface area contributed by atoms with Crippen molar-refractivity contribution in [3.8, 4) is 0 Å². The maximum atomic E-state index is 13.6. The van der Waals surface area contributed by atoms with Crippen LogP contribution in [-0.2, 0) is 6.54 Å². The molecule has 5 aromatic carbocycles. The van der Waals surface area contributed by atoms with Gasteiger partial charge in [0.2, 0.25) is 0 Å². The van der Waals surface area contributed by atoms with E-state index in [2.05, 4.69) is 10.3 Å². The molecule has 5 nitrogen and oxygen atoms in total. The van der Waals surface area contributed by atoms with Gasteiger partial charge in [0, 0.05) is 23.4 Å². The number of H-pyrrole nitrogens is 1. The predicted molar refractivity (Wildman–Crippen MR) is 134 cm³/mol. The number of hydrogen-bond donors (Lipinski definition) is 2. The highest BCUT2D eigenvalue weighted by molar-refractivity contribution is 6.14. The van der Waals surface area contributed by atoms with Crippen LogP contribution in [0.5, 0.6) is 0 Å². The monoisotopic (exact) mass is 432 g/mol. The second kappa shape index (κ2) is 7.35. The Morgan fingerprint density at radius 1 is 0.788 bits per heavy atom. The summed E-state index contributed by atoms with van der Waals surface area (Å²) < 4.78 is 6.22. The van der Waals surface area contributed by atoms with Crippen molar-refractivity contribution in [1.29, 1.82) is 0 Å². The van der Waals surface area contributed by atoms with Gasteiger partial charge in [-0.1, -0.05) is 60.7 Å². The van der Waals surface area contributed by atoms with Gasteiger partial charge in [0.1, 0.15) is 0 Å². The number of fused-ring (bicyclic) bond motifs is 5. The molecular weight excluding hydrogens is 412 g/mol. The highest BCUT2D eigenvalue weighted by atomic mass is 16.3. The molecule has 0 amide bonds. The summed E-state index contributed by atoms with van der Waals surface area (Å²) in [6.45, 7) is 2.51. The summed E-state index contributed by atoms with van der Waals surface area (Å²) in [5, 5.41) is 4.93. The van der Waals surface area contributed by atoms with E-state index in [0.29, 0.717) is 50.5 Å². The van der Waals surface area contributed by atoms with E-state index < -0.39 is 0 Å². The smallest absolute Gasteiger partial charge is 0.196 e. The molecule has 33 heavy (non-hydrogen) atoms. The molecule has 6 aromatic rings. The summed E-state index contributed by atoms with van der Waals surface area (Å²) in [6.07, 6.45) is 0. The molecule has 0 aliphatic heterocycles. The van der Waals surface area contributed by atoms with Gasteiger partial charge in [0.05, 0.1) is 27.5 Å². The molecule has 0 aliphatic rings. The van der Waals surface area contributed by atoms with Crippen LogP contribution in [0.1, 0.15) is 11.1 Å². The first-order chi connectivity index (χ1) is 16.1. The van der Waals surface area contributed by atoms with Crippen molar-refractivity contribution >= 4 is 49.4 Å². The minimum atomic E-state index is -0.188. The van der Waals surface area contributed by atoms with Crippen LogP contribution in [-0.4, -0.2) is 4.98 Å².